The molecule has 3 N–H and O–H groups in total. The highest BCUT2D eigenvalue weighted by atomic mass is 16.5. The highest BCUT2D eigenvalue weighted by molar-refractivity contribution is 5.89. The van der Waals surface area contributed by atoms with Crippen molar-refractivity contribution in [1.82, 2.24) is 10.6 Å². The second-order valence-corrected chi connectivity index (χ2v) is 14.5. The Balaban J connectivity index is 1.30. The van der Waals surface area contributed by atoms with E-state index in [1.807, 2.05) is 90.1 Å². The van der Waals surface area contributed by atoms with Crippen LogP contribution in [-0.4, -0.2) is 53.0 Å². The summed E-state index contributed by atoms with van der Waals surface area (Å²) in [5.74, 6) is -0.682. The summed E-state index contributed by atoms with van der Waals surface area (Å²) in [6.45, 7) is 11.7. The number of hydrogen-bond donors (Lipinski definition) is 3. The summed E-state index contributed by atoms with van der Waals surface area (Å²) in [7, 11) is 0. The number of carboxylic acid groups (broad SMARTS) is 1. The maximum atomic E-state index is 13.8. The maximum Gasteiger partial charge on any atom is 0.407 e. The second-order valence-electron chi connectivity index (χ2n) is 14.5. The van der Waals surface area contributed by atoms with Gasteiger partial charge in [-0.05, 0) is 99.2 Å². The lowest BCUT2D eigenvalue weighted by atomic mass is 9.98. The zero-order valence-electron chi connectivity index (χ0n) is 29.5. The maximum absolute atomic E-state index is 13.8. The first-order chi connectivity index (χ1) is 23.6. The molecule has 1 aliphatic carbocycles. The summed E-state index contributed by atoms with van der Waals surface area (Å²) in [4.78, 5) is 39.4. The molecule has 4 aromatic carbocycles. The first-order valence-electron chi connectivity index (χ1n) is 16.9. The number of fused-ring (bicyclic) bond motifs is 3. The minimum absolute atomic E-state index is 0.0351. The Morgan fingerprint density at radius 3 is 1.52 bits per heavy atom. The van der Waals surface area contributed by atoms with Gasteiger partial charge >= 0.3 is 12.1 Å². The fraction of sp³-hybridized carbons (Fsp3) is 0.341. The van der Waals surface area contributed by atoms with Crippen molar-refractivity contribution in [2.24, 2.45) is 0 Å². The van der Waals surface area contributed by atoms with Crippen LogP contribution < -0.4 is 20.1 Å². The van der Waals surface area contributed by atoms with Gasteiger partial charge in [-0.25, -0.2) is 9.59 Å². The number of rotatable bonds is 12. The molecule has 2 unspecified atom stereocenters. The van der Waals surface area contributed by atoms with Gasteiger partial charge in [0, 0.05) is 18.8 Å². The Labute approximate surface area is 294 Å². The lowest BCUT2D eigenvalue weighted by Crippen LogP contribution is -2.53. The van der Waals surface area contributed by atoms with Crippen molar-refractivity contribution in [1.29, 1.82) is 0 Å². The third-order valence-electron chi connectivity index (χ3n) is 8.14. The number of carbonyl (C=O) groups is 3. The van der Waals surface area contributed by atoms with E-state index in [-0.39, 0.29) is 36.6 Å². The minimum atomic E-state index is -1.24. The summed E-state index contributed by atoms with van der Waals surface area (Å²) in [5, 5.41) is 15.4. The van der Waals surface area contributed by atoms with Gasteiger partial charge in [0.05, 0.1) is 0 Å². The SMILES string of the molecule is CC(C)(C)Oc1ccc(CC(NC(=O)C(Cc2ccc(OC(C)(C)C)cc2)NC(=O)OCC2c3ccccc3-c3ccccc32)C(=O)O)cc1. The van der Waals surface area contributed by atoms with Gasteiger partial charge in [-0.2, -0.15) is 0 Å². The highest BCUT2D eigenvalue weighted by Gasteiger charge is 2.31. The van der Waals surface area contributed by atoms with E-state index in [1.54, 1.807) is 36.4 Å². The van der Waals surface area contributed by atoms with Crippen molar-refractivity contribution in [2.45, 2.75) is 83.6 Å². The first-order valence-corrected chi connectivity index (χ1v) is 16.9. The van der Waals surface area contributed by atoms with Gasteiger partial charge in [-0.15, -0.1) is 0 Å². The predicted octanol–water partition coefficient (Wildman–Crippen LogP) is 7.30. The molecule has 9 nitrogen and oxygen atoms in total. The quantitative estimate of drug-likeness (QED) is 0.144. The van der Waals surface area contributed by atoms with Crippen LogP contribution in [0.15, 0.2) is 97.1 Å². The van der Waals surface area contributed by atoms with Crippen molar-refractivity contribution in [3.05, 3.63) is 119 Å². The second kappa shape index (κ2) is 15.1. The topological polar surface area (TPSA) is 123 Å². The van der Waals surface area contributed by atoms with E-state index in [1.165, 1.54) is 0 Å². The van der Waals surface area contributed by atoms with Crippen LogP contribution in [0, 0.1) is 0 Å². The Morgan fingerprint density at radius 1 is 0.640 bits per heavy atom. The summed E-state index contributed by atoms with van der Waals surface area (Å²) in [5.41, 5.74) is 5.01. The number of alkyl carbamates (subject to hydrolysis) is 1. The van der Waals surface area contributed by atoms with Crippen molar-refractivity contribution in [3.63, 3.8) is 0 Å². The zero-order chi connectivity index (χ0) is 36.1. The van der Waals surface area contributed by atoms with Gasteiger partial charge in [-0.3, -0.25) is 4.79 Å². The molecule has 0 radical (unpaired) electrons. The molecular weight excluding hydrogens is 632 g/mol. The number of ether oxygens (including phenoxy) is 3. The van der Waals surface area contributed by atoms with Crippen molar-refractivity contribution >= 4 is 18.0 Å². The van der Waals surface area contributed by atoms with Crippen molar-refractivity contribution in [2.75, 3.05) is 6.61 Å². The van der Waals surface area contributed by atoms with Crippen LogP contribution in [0.1, 0.15) is 69.7 Å². The number of benzene rings is 4. The summed E-state index contributed by atoms with van der Waals surface area (Å²) >= 11 is 0. The molecule has 2 atom stereocenters. The highest BCUT2D eigenvalue weighted by Crippen LogP contribution is 2.44. The molecule has 5 rings (SSSR count). The number of amides is 2. The molecule has 0 saturated carbocycles. The molecular formula is C41H46N2O7. The third kappa shape index (κ3) is 9.65. The molecule has 0 bridgehead atoms. The number of nitrogens with one attached hydrogen (secondary N) is 2. The van der Waals surface area contributed by atoms with E-state index in [2.05, 4.69) is 22.8 Å². The zero-order valence-corrected chi connectivity index (χ0v) is 29.5. The molecule has 0 heterocycles. The average Bonchev–Trinajstić information content (AvgIpc) is 3.37. The Kier molecular flexibility index (Phi) is 10.8. The van der Waals surface area contributed by atoms with Crippen molar-refractivity contribution in [3.8, 4) is 22.6 Å². The molecule has 0 saturated heterocycles. The fourth-order valence-electron chi connectivity index (χ4n) is 6.03. The standard InChI is InChI=1S/C41H46N2O7/c1-40(2,3)49-28-19-15-26(16-20-28)23-35(37(44)42-36(38(45)46)24-27-17-21-29(22-18-27)50-41(4,5)6)43-39(47)48-25-34-32-13-9-7-11-30(32)31-12-8-10-14-33(31)34/h7-22,34-36H,23-25H2,1-6H3,(H,42,44)(H,43,47)(H,45,46). The molecule has 2 amide bonds. The molecule has 50 heavy (non-hydrogen) atoms. The van der Waals surface area contributed by atoms with Gasteiger partial charge in [0.25, 0.3) is 0 Å². The molecule has 0 fully saturated rings. The molecule has 0 aromatic heterocycles. The fourth-order valence-corrected chi connectivity index (χ4v) is 6.03. The number of carbonyl (C=O) groups excluding carboxylic acids is 2. The lowest BCUT2D eigenvalue weighted by molar-refractivity contribution is -0.142. The van der Waals surface area contributed by atoms with Crippen LogP contribution in [0.4, 0.5) is 4.79 Å². The van der Waals surface area contributed by atoms with Crippen molar-refractivity contribution < 1.29 is 33.7 Å². The Morgan fingerprint density at radius 2 is 1.08 bits per heavy atom. The first kappa shape index (κ1) is 36.0. The van der Waals surface area contributed by atoms with Crippen LogP contribution in [0.5, 0.6) is 11.5 Å². The molecule has 9 heteroatoms. The van der Waals surface area contributed by atoms with Gasteiger partial charge in [0.2, 0.25) is 5.91 Å². The van der Waals surface area contributed by atoms with Gasteiger partial charge in [0.1, 0.15) is 41.4 Å². The lowest BCUT2D eigenvalue weighted by Gasteiger charge is -2.23. The van der Waals surface area contributed by atoms with E-state index in [4.69, 9.17) is 14.2 Å². The smallest absolute Gasteiger partial charge is 0.407 e. The number of carboxylic acids is 1. The van der Waals surface area contributed by atoms with Crippen LogP contribution in [0.3, 0.4) is 0 Å². The van der Waals surface area contributed by atoms with E-state index >= 15 is 0 Å². The summed E-state index contributed by atoms with van der Waals surface area (Å²) in [6.07, 6.45) is -0.647. The van der Waals surface area contributed by atoms with E-state index in [0.717, 1.165) is 27.8 Å². The van der Waals surface area contributed by atoms with Gasteiger partial charge in [-0.1, -0.05) is 72.8 Å². The normalized spacial score (nSPS) is 13.7. The van der Waals surface area contributed by atoms with Crippen LogP contribution in [0.25, 0.3) is 11.1 Å². The summed E-state index contributed by atoms with van der Waals surface area (Å²) < 4.78 is 17.5. The third-order valence-corrected chi connectivity index (χ3v) is 8.14. The van der Waals surface area contributed by atoms with E-state index in [0.29, 0.717) is 17.1 Å². The number of hydrogen-bond acceptors (Lipinski definition) is 6. The molecule has 262 valence electrons. The van der Waals surface area contributed by atoms with Gasteiger partial charge < -0.3 is 30.0 Å². The van der Waals surface area contributed by atoms with Crippen LogP contribution >= 0.6 is 0 Å². The molecule has 0 spiro atoms. The Hall–Kier alpha value is -5.31. The average molecular weight is 679 g/mol. The van der Waals surface area contributed by atoms with Crippen LogP contribution in [-0.2, 0) is 27.2 Å². The minimum Gasteiger partial charge on any atom is -0.488 e. The molecule has 0 aliphatic heterocycles. The predicted molar refractivity (Wildman–Crippen MR) is 193 cm³/mol. The van der Waals surface area contributed by atoms with E-state index < -0.39 is 30.1 Å². The molecule has 1 aliphatic rings. The summed E-state index contributed by atoms with van der Waals surface area (Å²) in [6, 6.07) is 28.0. The monoisotopic (exact) mass is 678 g/mol. The van der Waals surface area contributed by atoms with Gasteiger partial charge in [0.15, 0.2) is 0 Å². The number of aliphatic carboxylic acids is 1. The van der Waals surface area contributed by atoms with E-state index in [9.17, 15) is 19.5 Å². The Bertz CT molecular complexity index is 1760. The van der Waals surface area contributed by atoms with Crippen LogP contribution in [0.2, 0.25) is 0 Å². The largest absolute Gasteiger partial charge is 0.488 e. The molecule has 4 aromatic rings.